The molecular formula is C23H26BrN9O3S. The molecule has 1 saturated carbocycles. The van der Waals surface area contributed by atoms with Crippen LogP contribution in [0.15, 0.2) is 35.3 Å². The molecule has 12 nitrogen and oxygen atoms in total. The van der Waals surface area contributed by atoms with Gasteiger partial charge in [-0.3, -0.25) is 14.8 Å². The predicted molar refractivity (Wildman–Crippen MR) is 143 cm³/mol. The zero-order valence-corrected chi connectivity index (χ0v) is 22.9. The van der Waals surface area contributed by atoms with Crippen LogP contribution in [-0.4, -0.2) is 63.4 Å². The first-order valence-corrected chi connectivity index (χ1v) is 14.3. The Hall–Kier alpha value is -3.23. The summed E-state index contributed by atoms with van der Waals surface area (Å²) in [6.07, 6.45) is 8.22. The second-order valence-electron chi connectivity index (χ2n) is 9.48. The van der Waals surface area contributed by atoms with Gasteiger partial charge in [0, 0.05) is 43.6 Å². The van der Waals surface area contributed by atoms with Crippen LogP contribution in [0.5, 0.6) is 0 Å². The standard InChI is InChI=1S/C23H26BrN9O3S/c1-23(21(34)25-2)5-4-14(10-23)30-22-28-12-16-19(24)32-33(20(16)31-22)15-8-13(11-29-37(3,35)36)18-17(9-15)26-6-7-27-18/h6-9,12,14,29H,4-5,10-11H2,1-3H3,(H,25,34)(H,28,30,31)/t14-,23-/m1/s1. The van der Waals surface area contributed by atoms with Crippen LogP contribution < -0.4 is 15.4 Å². The average molecular weight is 588 g/mol. The molecule has 1 aromatic carbocycles. The number of benzene rings is 1. The van der Waals surface area contributed by atoms with Crippen molar-refractivity contribution in [1.29, 1.82) is 0 Å². The van der Waals surface area contributed by atoms with E-state index in [4.69, 9.17) is 4.98 Å². The number of nitrogens with zero attached hydrogens (tertiary/aromatic N) is 6. The van der Waals surface area contributed by atoms with Crippen molar-refractivity contribution in [3.63, 3.8) is 0 Å². The van der Waals surface area contributed by atoms with Crippen molar-refractivity contribution in [3.8, 4) is 5.69 Å². The molecule has 194 valence electrons. The summed E-state index contributed by atoms with van der Waals surface area (Å²) >= 11 is 3.50. The SMILES string of the molecule is CNC(=O)[C@]1(C)CC[C@@H](Nc2ncc3c(Br)nn(-c4cc(CNS(C)(=O)=O)c5nccnc5c4)c3n2)C1. The maximum absolute atomic E-state index is 12.3. The van der Waals surface area contributed by atoms with Gasteiger partial charge < -0.3 is 10.6 Å². The van der Waals surface area contributed by atoms with Gasteiger partial charge in [-0.15, -0.1) is 0 Å². The van der Waals surface area contributed by atoms with E-state index in [0.717, 1.165) is 19.1 Å². The number of halogens is 1. The van der Waals surface area contributed by atoms with Crippen LogP contribution in [0.2, 0.25) is 0 Å². The Morgan fingerprint density at radius 3 is 2.78 bits per heavy atom. The second-order valence-corrected chi connectivity index (χ2v) is 12.1. The molecule has 0 unspecified atom stereocenters. The second kappa shape index (κ2) is 9.58. The smallest absolute Gasteiger partial charge is 0.225 e. The third-order valence-electron chi connectivity index (χ3n) is 6.64. The molecule has 4 aromatic rings. The van der Waals surface area contributed by atoms with Crippen molar-refractivity contribution in [2.45, 2.75) is 38.8 Å². The lowest BCUT2D eigenvalue weighted by molar-refractivity contribution is -0.129. The summed E-state index contributed by atoms with van der Waals surface area (Å²) < 4.78 is 28.2. The predicted octanol–water partition coefficient (Wildman–Crippen LogP) is 2.29. The Bertz CT molecular complexity index is 1620. The Morgan fingerprint density at radius 1 is 1.24 bits per heavy atom. The van der Waals surface area contributed by atoms with Crippen LogP contribution in [0.25, 0.3) is 27.8 Å². The van der Waals surface area contributed by atoms with Gasteiger partial charge in [0.25, 0.3) is 0 Å². The van der Waals surface area contributed by atoms with E-state index in [9.17, 15) is 13.2 Å². The first kappa shape index (κ1) is 25.4. The van der Waals surface area contributed by atoms with Crippen LogP contribution >= 0.6 is 15.9 Å². The van der Waals surface area contributed by atoms with Gasteiger partial charge in [-0.05, 0) is 52.9 Å². The summed E-state index contributed by atoms with van der Waals surface area (Å²) in [5, 5.41) is 11.5. The first-order valence-electron chi connectivity index (χ1n) is 11.6. The molecule has 5 rings (SSSR count). The molecule has 1 aliphatic carbocycles. The van der Waals surface area contributed by atoms with Gasteiger partial charge in [-0.25, -0.2) is 22.8 Å². The number of sulfonamides is 1. The van der Waals surface area contributed by atoms with Crippen molar-refractivity contribution < 1.29 is 13.2 Å². The van der Waals surface area contributed by atoms with Gasteiger partial charge in [0.2, 0.25) is 21.9 Å². The Balaban J connectivity index is 1.52. The van der Waals surface area contributed by atoms with Crippen molar-refractivity contribution in [2.75, 3.05) is 18.6 Å². The van der Waals surface area contributed by atoms with Crippen LogP contribution in [0.4, 0.5) is 5.95 Å². The maximum Gasteiger partial charge on any atom is 0.225 e. The lowest BCUT2D eigenvalue weighted by atomic mass is 9.87. The van der Waals surface area contributed by atoms with Gasteiger partial charge in [0.05, 0.1) is 28.4 Å². The van der Waals surface area contributed by atoms with E-state index < -0.39 is 15.4 Å². The summed E-state index contributed by atoms with van der Waals surface area (Å²) in [7, 11) is -1.76. The maximum atomic E-state index is 12.3. The molecule has 1 fully saturated rings. The zero-order chi connectivity index (χ0) is 26.4. The van der Waals surface area contributed by atoms with Crippen molar-refractivity contribution >= 4 is 59.9 Å². The normalized spacial score (nSPS) is 19.9. The molecule has 3 N–H and O–H groups in total. The zero-order valence-electron chi connectivity index (χ0n) is 20.5. The quantitative estimate of drug-likeness (QED) is 0.295. The Kier molecular flexibility index (Phi) is 6.58. The molecule has 0 saturated heterocycles. The van der Waals surface area contributed by atoms with E-state index in [0.29, 0.717) is 50.3 Å². The van der Waals surface area contributed by atoms with Gasteiger partial charge in [-0.1, -0.05) is 6.92 Å². The molecule has 3 aromatic heterocycles. The molecule has 0 bridgehead atoms. The number of fused-ring (bicyclic) bond motifs is 2. The lowest BCUT2D eigenvalue weighted by Crippen LogP contribution is -2.35. The topological polar surface area (TPSA) is 157 Å². The number of anilines is 1. The summed E-state index contributed by atoms with van der Waals surface area (Å²) in [4.78, 5) is 30.3. The van der Waals surface area contributed by atoms with E-state index in [1.807, 2.05) is 19.1 Å². The highest BCUT2D eigenvalue weighted by atomic mass is 79.9. The number of nitrogens with one attached hydrogen (secondary N) is 3. The molecule has 37 heavy (non-hydrogen) atoms. The molecule has 0 spiro atoms. The number of carbonyl (C=O) groups is 1. The Morgan fingerprint density at radius 2 is 2.03 bits per heavy atom. The van der Waals surface area contributed by atoms with E-state index in [-0.39, 0.29) is 18.5 Å². The van der Waals surface area contributed by atoms with Crippen molar-refractivity contribution in [1.82, 2.24) is 39.8 Å². The molecule has 1 aliphatic rings. The fourth-order valence-corrected chi connectivity index (χ4v) is 5.63. The number of aromatic nitrogens is 6. The third-order valence-corrected chi connectivity index (χ3v) is 7.89. The molecule has 3 heterocycles. The van der Waals surface area contributed by atoms with Crippen LogP contribution in [0, 0.1) is 5.41 Å². The Labute approximate surface area is 221 Å². The monoisotopic (exact) mass is 587 g/mol. The highest BCUT2D eigenvalue weighted by Crippen LogP contribution is 2.39. The summed E-state index contributed by atoms with van der Waals surface area (Å²) in [6.45, 7) is 2.03. The van der Waals surface area contributed by atoms with Gasteiger partial charge in [0.1, 0.15) is 4.60 Å². The number of rotatable bonds is 7. The van der Waals surface area contributed by atoms with E-state index in [1.54, 1.807) is 30.3 Å². The van der Waals surface area contributed by atoms with Crippen molar-refractivity contribution in [2.24, 2.45) is 5.41 Å². The number of hydrogen-bond donors (Lipinski definition) is 3. The number of amides is 1. The van der Waals surface area contributed by atoms with E-state index in [2.05, 4.69) is 51.3 Å². The van der Waals surface area contributed by atoms with Gasteiger partial charge >= 0.3 is 0 Å². The minimum atomic E-state index is -3.41. The van der Waals surface area contributed by atoms with Crippen LogP contribution in [0.3, 0.4) is 0 Å². The fourth-order valence-electron chi connectivity index (χ4n) is 4.77. The highest BCUT2D eigenvalue weighted by molar-refractivity contribution is 9.10. The molecular weight excluding hydrogens is 562 g/mol. The molecule has 14 heteroatoms. The lowest BCUT2D eigenvalue weighted by Gasteiger charge is -2.22. The van der Waals surface area contributed by atoms with Gasteiger partial charge in [-0.2, -0.15) is 10.1 Å². The number of hydrogen-bond acceptors (Lipinski definition) is 9. The third kappa shape index (κ3) is 5.13. The van der Waals surface area contributed by atoms with Crippen molar-refractivity contribution in [3.05, 3.63) is 40.9 Å². The summed E-state index contributed by atoms with van der Waals surface area (Å²) in [5.74, 6) is 0.475. The number of carbonyl (C=O) groups excluding carboxylic acids is 1. The molecule has 1 amide bonds. The minimum Gasteiger partial charge on any atom is -0.359 e. The summed E-state index contributed by atoms with van der Waals surface area (Å²) in [5.41, 5.74) is 2.61. The molecule has 0 radical (unpaired) electrons. The van der Waals surface area contributed by atoms with Crippen LogP contribution in [-0.2, 0) is 21.4 Å². The first-order chi connectivity index (χ1) is 17.6. The molecule has 0 aliphatic heterocycles. The fraction of sp³-hybridized carbons (Fsp3) is 0.391. The van der Waals surface area contributed by atoms with E-state index >= 15 is 0 Å². The van der Waals surface area contributed by atoms with E-state index in [1.165, 1.54) is 0 Å². The largest absolute Gasteiger partial charge is 0.359 e. The summed E-state index contributed by atoms with van der Waals surface area (Å²) in [6, 6.07) is 3.70. The average Bonchev–Trinajstić information content (AvgIpc) is 3.41. The van der Waals surface area contributed by atoms with Gasteiger partial charge in [0.15, 0.2) is 5.65 Å². The highest BCUT2D eigenvalue weighted by Gasteiger charge is 2.41. The molecule has 2 atom stereocenters. The minimum absolute atomic E-state index is 0.0377. The van der Waals surface area contributed by atoms with Crippen LogP contribution in [0.1, 0.15) is 31.7 Å².